The second-order valence-corrected chi connectivity index (χ2v) is 6.43. The minimum Gasteiger partial charge on any atom is -0.356 e. The number of carbonyl (C=O) groups is 1. The summed E-state index contributed by atoms with van der Waals surface area (Å²) in [6.07, 6.45) is 2.81. The molecule has 0 fully saturated rings. The Morgan fingerprint density at radius 2 is 2.15 bits per heavy atom. The molecule has 1 amide bonds. The van der Waals surface area contributed by atoms with Gasteiger partial charge in [-0.1, -0.05) is 29.8 Å². The number of pyridine rings is 1. The van der Waals surface area contributed by atoms with Crippen LogP contribution >= 0.6 is 12.2 Å². The molecule has 2 heterocycles. The summed E-state index contributed by atoms with van der Waals surface area (Å²) in [4.78, 5) is 16.4. The van der Waals surface area contributed by atoms with Crippen LogP contribution in [0.15, 0.2) is 48.7 Å². The number of amides is 1. The number of nitrogens with zero attached hydrogens (tertiary/aromatic N) is 3. The van der Waals surface area contributed by atoms with Crippen LogP contribution in [0.1, 0.15) is 17.7 Å². The zero-order valence-corrected chi connectivity index (χ0v) is 15.4. The highest BCUT2D eigenvalue weighted by atomic mass is 32.1. The van der Waals surface area contributed by atoms with Gasteiger partial charge in [-0.3, -0.25) is 19.4 Å². The fourth-order valence-corrected chi connectivity index (χ4v) is 2.93. The van der Waals surface area contributed by atoms with E-state index in [1.54, 1.807) is 6.20 Å². The Kier molecular flexibility index (Phi) is 5.91. The van der Waals surface area contributed by atoms with Gasteiger partial charge in [0.15, 0.2) is 10.6 Å². The van der Waals surface area contributed by atoms with Crippen LogP contribution in [0, 0.1) is 11.7 Å². The van der Waals surface area contributed by atoms with Gasteiger partial charge in [-0.2, -0.15) is 5.10 Å². The lowest BCUT2D eigenvalue weighted by Crippen LogP contribution is -2.26. The van der Waals surface area contributed by atoms with Gasteiger partial charge in [0.25, 0.3) is 0 Å². The minimum absolute atomic E-state index is 0.0146. The van der Waals surface area contributed by atoms with Crippen LogP contribution in [0.4, 0.5) is 0 Å². The third-order valence-corrected chi connectivity index (χ3v) is 4.34. The topological polar surface area (TPSA) is 75.6 Å². The van der Waals surface area contributed by atoms with Gasteiger partial charge < -0.3 is 5.32 Å². The van der Waals surface area contributed by atoms with Crippen LogP contribution in [0.5, 0.6) is 0 Å². The van der Waals surface area contributed by atoms with Gasteiger partial charge in [0.05, 0.1) is 0 Å². The van der Waals surface area contributed by atoms with Gasteiger partial charge in [-0.05, 0) is 37.3 Å². The minimum atomic E-state index is -0.0146. The van der Waals surface area contributed by atoms with Gasteiger partial charge in [0, 0.05) is 43.4 Å². The highest BCUT2D eigenvalue weighted by Gasteiger charge is 2.10. The van der Waals surface area contributed by atoms with Crippen molar-refractivity contribution in [1.82, 2.24) is 25.1 Å². The number of H-pyrrole nitrogens is 1. The summed E-state index contributed by atoms with van der Waals surface area (Å²) in [6, 6.07) is 13.8. The number of aromatic amines is 1. The standard InChI is InChI=1S/C19H21N5OS/c1-14-5-4-6-15(13-14)18-22-23-19(26)24(18)12-9-17(25)21-11-8-16-7-2-3-10-20-16/h2-7,10,13H,8-9,11-12H2,1H3,(H,21,25)(H,23,26). The molecule has 2 N–H and O–H groups in total. The molecular formula is C19H21N5OS. The molecule has 6 nitrogen and oxygen atoms in total. The third kappa shape index (κ3) is 4.64. The van der Waals surface area contributed by atoms with E-state index in [9.17, 15) is 4.79 Å². The van der Waals surface area contributed by atoms with E-state index in [2.05, 4.69) is 20.5 Å². The smallest absolute Gasteiger partial charge is 0.221 e. The first-order valence-electron chi connectivity index (χ1n) is 8.52. The molecule has 1 aromatic carbocycles. The summed E-state index contributed by atoms with van der Waals surface area (Å²) in [5.74, 6) is 0.735. The molecule has 0 aliphatic rings. The molecule has 0 radical (unpaired) electrons. The summed E-state index contributed by atoms with van der Waals surface area (Å²) in [6.45, 7) is 3.08. The van der Waals surface area contributed by atoms with E-state index in [1.807, 2.05) is 54.0 Å². The number of rotatable bonds is 7. The quantitative estimate of drug-likeness (QED) is 0.629. The maximum atomic E-state index is 12.1. The van der Waals surface area contributed by atoms with Crippen molar-refractivity contribution in [2.75, 3.05) is 6.54 Å². The van der Waals surface area contributed by atoms with Crippen molar-refractivity contribution in [2.45, 2.75) is 26.3 Å². The molecule has 0 saturated heterocycles. The lowest BCUT2D eigenvalue weighted by atomic mass is 10.1. The van der Waals surface area contributed by atoms with E-state index in [-0.39, 0.29) is 5.91 Å². The number of carbonyl (C=O) groups excluding carboxylic acids is 1. The molecule has 2 aromatic heterocycles. The van der Waals surface area contributed by atoms with Crippen molar-refractivity contribution >= 4 is 18.1 Å². The van der Waals surface area contributed by atoms with Gasteiger partial charge in [-0.25, -0.2) is 0 Å². The predicted octanol–water partition coefficient (Wildman–Crippen LogP) is 3.06. The predicted molar refractivity (Wildman–Crippen MR) is 103 cm³/mol. The molecular weight excluding hydrogens is 346 g/mol. The maximum absolute atomic E-state index is 12.1. The van der Waals surface area contributed by atoms with E-state index in [0.717, 1.165) is 22.6 Å². The van der Waals surface area contributed by atoms with Crippen LogP contribution in [-0.4, -0.2) is 32.2 Å². The van der Waals surface area contributed by atoms with Crippen LogP contribution in [0.2, 0.25) is 0 Å². The molecule has 134 valence electrons. The van der Waals surface area contributed by atoms with E-state index < -0.39 is 0 Å². The van der Waals surface area contributed by atoms with Gasteiger partial charge in [0.1, 0.15) is 0 Å². The van der Waals surface area contributed by atoms with Crippen LogP contribution < -0.4 is 5.32 Å². The van der Waals surface area contributed by atoms with Crippen LogP contribution in [0.3, 0.4) is 0 Å². The zero-order chi connectivity index (χ0) is 18.4. The number of benzene rings is 1. The largest absolute Gasteiger partial charge is 0.356 e. The van der Waals surface area contributed by atoms with Crippen molar-refractivity contribution < 1.29 is 4.79 Å². The lowest BCUT2D eigenvalue weighted by molar-refractivity contribution is -0.121. The molecule has 3 rings (SSSR count). The van der Waals surface area contributed by atoms with E-state index >= 15 is 0 Å². The fraction of sp³-hybridized carbons (Fsp3) is 0.263. The lowest BCUT2D eigenvalue weighted by Gasteiger charge is -2.08. The average molecular weight is 367 g/mol. The first-order valence-corrected chi connectivity index (χ1v) is 8.93. The second-order valence-electron chi connectivity index (χ2n) is 6.04. The van der Waals surface area contributed by atoms with Crippen molar-refractivity contribution in [2.24, 2.45) is 0 Å². The Morgan fingerprint density at radius 1 is 1.27 bits per heavy atom. The van der Waals surface area contributed by atoms with Crippen LogP contribution in [0.25, 0.3) is 11.4 Å². The molecule has 7 heteroatoms. The van der Waals surface area contributed by atoms with E-state index in [1.165, 1.54) is 0 Å². The van der Waals surface area contributed by atoms with Gasteiger partial charge >= 0.3 is 0 Å². The average Bonchev–Trinajstić information content (AvgIpc) is 3.01. The SMILES string of the molecule is Cc1cccc(-c2n[nH]c(=S)n2CCC(=O)NCCc2ccccn2)c1. The Labute approximate surface area is 157 Å². The summed E-state index contributed by atoms with van der Waals surface area (Å²) >= 11 is 5.31. The van der Waals surface area contributed by atoms with Crippen molar-refractivity contribution in [1.29, 1.82) is 0 Å². The Morgan fingerprint density at radius 3 is 2.92 bits per heavy atom. The number of aromatic nitrogens is 4. The highest BCUT2D eigenvalue weighted by molar-refractivity contribution is 7.71. The first-order chi connectivity index (χ1) is 12.6. The molecule has 0 atom stereocenters. The maximum Gasteiger partial charge on any atom is 0.221 e. The Hall–Kier alpha value is -2.80. The highest BCUT2D eigenvalue weighted by Crippen LogP contribution is 2.18. The molecule has 0 saturated carbocycles. The van der Waals surface area contributed by atoms with Gasteiger partial charge in [-0.15, -0.1) is 0 Å². The number of hydrogen-bond acceptors (Lipinski definition) is 4. The van der Waals surface area contributed by atoms with Crippen molar-refractivity contribution in [3.8, 4) is 11.4 Å². The Balaban J connectivity index is 1.57. The third-order valence-electron chi connectivity index (χ3n) is 4.03. The molecule has 0 aliphatic heterocycles. The summed E-state index contributed by atoms with van der Waals surface area (Å²) in [5.41, 5.74) is 3.09. The summed E-state index contributed by atoms with van der Waals surface area (Å²) < 4.78 is 2.38. The number of aryl methyl sites for hydroxylation is 1. The zero-order valence-electron chi connectivity index (χ0n) is 14.6. The Bertz CT molecular complexity index is 932. The molecule has 0 aliphatic carbocycles. The molecule has 0 bridgehead atoms. The second kappa shape index (κ2) is 8.53. The monoisotopic (exact) mass is 367 g/mol. The summed E-state index contributed by atoms with van der Waals surface area (Å²) in [7, 11) is 0. The van der Waals surface area contributed by atoms with Crippen molar-refractivity contribution in [3.63, 3.8) is 0 Å². The number of nitrogens with one attached hydrogen (secondary N) is 2. The fourth-order valence-electron chi connectivity index (χ4n) is 2.71. The normalized spacial score (nSPS) is 10.7. The van der Waals surface area contributed by atoms with E-state index in [0.29, 0.717) is 30.7 Å². The molecule has 3 aromatic rings. The summed E-state index contributed by atoms with van der Waals surface area (Å²) in [5, 5.41) is 10.1. The van der Waals surface area contributed by atoms with E-state index in [4.69, 9.17) is 12.2 Å². The number of hydrogen-bond donors (Lipinski definition) is 2. The molecule has 0 unspecified atom stereocenters. The van der Waals surface area contributed by atoms with Crippen molar-refractivity contribution in [3.05, 3.63) is 64.7 Å². The van der Waals surface area contributed by atoms with Gasteiger partial charge in [0.2, 0.25) is 5.91 Å². The molecule has 0 spiro atoms. The first kappa shape index (κ1) is 18.0. The van der Waals surface area contributed by atoms with Crippen LogP contribution in [-0.2, 0) is 17.8 Å². The molecule has 26 heavy (non-hydrogen) atoms.